The van der Waals surface area contributed by atoms with Crippen molar-refractivity contribution in [3.05, 3.63) is 24.8 Å². The Labute approximate surface area is 86.3 Å². The molecule has 0 radical (unpaired) electrons. The van der Waals surface area contributed by atoms with Gasteiger partial charge in [0.25, 0.3) is 0 Å². The molecular weight excluding hydrogens is 198 g/mol. The van der Waals surface area contributed by atoms with Crippen molar-refractivity contribution in [2.75, 3.05) is 6.61 Å². The molecule has 0 atom stereocenters. The predicted molar refractivity (Wildman–Crippen MR) is 57.2 cm³/mol. The van der Waals surface area contributed by atoms with E-state index in [0.29, 0.717) is 5.70 Å². The molecule has 1 aromatic carbocycles. The number of thiol groups is 1. The van der Waals surface area contributed by atoms with Crippen LogP contribution in [-0.4, -0.2) is 26.7 Å². The van der Waals surface area contributed by atoms with Gasteiger partial charge in [0.15, 0.2) is 0 Å². The monoisotopic (exact) mass is 207 g/mol. The number of aromatic nitrogens is 3. The summed E-state index contributed by atoms with van der Waals surface area (Å²) < 4.78 is 0. The average Bonchev–Trinajstić information content (AvgIpc) is 2.59. The van der Waals surface area contributed by atoms with Crippen LogP contribution in [0.4, 0.5) is 0 Å². The Balaban J connectivity index is 2.56. The van der Waals surface area contributed by atoms with Crippen molar-refractivity contribution in [1.29, 1.82) is 0 Å². The Hall–Kier alpha value is -1.33. The third-order valence-electron chi connectivity index (χ3n) is 1.83. The summed E-state index contributed by atoms with van der Waals surface area (Å²) in [4.78, 5) is 2.16. The van der Waals surface area contributed by atoms with E-state index >= 15 is 0 Å². The highest BCUT2D eigenvalue weighted by atomic mass is 32.1. The lowest BCUT2D eigenvalue weighted by Gasteiger charge is -1.96. The number of aliphatic hydroxyl groups is 1. The first-order chi connectivity index (χ1) is 6.70. The van der Waals surface area contributed by atoms with E-state index in [1.165, 1.54) is 4.80 Å². The molecular formula is C9H9N3OS. The first kappa shape index (κ1) is 9.23. The van der Waals surface area contributed by atoms with Crippen LogP contribution in [0, 0.1) is 0 Å². The summed E-state index contributed by atoms with van der Waals surface area (Å²) in [6.45, 7) is 3.47. The largest absolute Gasteiger partial charge is 0.390 e. The van der Waals surface area contributed by atoms with Gasteiger partial charge in [0, 0.05) is 4.90 Å². The van der Waals surface area contributed by atoms with E-state index in [9.17, 15) is 0 Å². The number of benzene rings is 1. The molecule has 72 valence electrons. The molecule has 0 amide bonds. The summed E-state index contributed by atoms with van der Waals surface area (Å²) in [6, 6.07) is 5.48. The van der Waals surface area contributed by atoms with Crippen molar-refractivity contribution >= 4 is 29.4 Å². The first-order valence-corrected chi connectivity index (χ1v) is 4.50. The van der Waals surface area contributed by atoms with Gasteiger partial charge in [-0.2, -0.15) is 4.80 Å². The van der Waals surface area contributed by atoms with Crippen molar-refractivity contribution in [1.82, 2.24) is 15.0 Å². The molecule has 0 fully saturated rings. The fourth-order valence-corrected chi connectivity index (χ4v) is 1.30. The second kappa shape index (κ2) is 3.43. The number of rotatable bonds is 2. The van der Waals surface area contributed by atoms with Gasteiger partial charge in [0.05, 0.1) is 12.3 Å². The maximum absolute atomic E-state index is 8.85. The molecule has 0 spiro atoms. The number of nitrogens with zero attached hydrogens (tertiary/aromatic N) is 3. The predicted octanol–water partition coefficient (Wildman–Crippen LogP) is 1.18. The molecule has 1 heterocycles. The zero-order valence-corrected chi connectivity index (χ0v) is 8.28. The van der Waals surface area contributed by atoms with Gasteiger partial charge in [-0.15, -0.1) is 22.8 Å². The standard InChI is InChI=1S/C9H9N3OS/c1-6(5-13)12-10-8-3-2-7(14)4-9(8)11-12/h2-4,13-14H,1,5H2. The fraction of sp³-hybridized carbons (Fsp3) is 0.111. The van der Waals surface area contributed by atoms with Gasteiger partial charge in [0.2, 0.25) is 0 Å². The Morgan fingerprint density at radius 3 is 2.86 bits per heavy atom. The van der Waals surface area contributed by atoms with Crippen LogP contribution < -0.4 is 0 Å². The molecule has 0 saturated carbocycles. The minimum atomic E-state index is -0.158. The van der Waals surface area contributed by atoms with E-state index in [0.717, 1.165) is 15.9 Å². The lowest BCUT2D eigenvalue weighted by Crippen LogP contribution is -2.03. The molecule has 0 aliphatic rings. The summed E-state index contributed by atoms with van der Waals surface area (Å²) in [5.41, 5.74) is 1.95. The average molecular weight is 207 g/mol. The smallest absolute Gasteiger partial charge is 0.114 e. The minimum Gasteiger partial charge on any atom is -0.390 e. The number of aliphatic hydroxyl groups excluding tert-OH is 1. The molecule has 0 unspecified atom stereocenters. The highest BCUT2D eigenvalue weighted by Crippen LogP contribution is 2.15. The molecule has 1 N–H and O–H groups in total. The Bertz CT molecular complexity index is 492. The number of hydrogen-bond donors (Lipinski definition) is 2. The van der Waals surface area contributed by atoms with Crippen molar-refractivity contribution < 1.29 is 5.11 Å². The van der Waals surface area contributed by atoms with E-state index < -0.39 is 0 Å². The summed E-state index contributed by atoms with van der Waals surface area (Å²) in [7, 11) is 0. The molecule has 2 aromatic rings. The normalized spacial score (nSPS) is 10.7. The van der Waals surface area contributed by atoms with Crippen LogP contribution in [0.3, 0.4) is 0 Å². The molecule has 0 aliphatic heterocycles. The van der Waals surface area contributed by atoms with E-state index in [-0.39, 0.29) is 6.61 Å². The van der Waals surface area contributed by atoms with Gasteiger partial charge in [-0.3, -0.25) is 0 Å². The second-order valence-electron chi connectivity index (χ2n) is 2.89. The van der Waals surface area contributed by atoms with E-state index in [2.05, 4.69) is 29.4 Å². The third-order valence-corrected chi connectivity index (χ3v) is 2.11. The van der Waals surface area contributed by atoms with E-state index in [1.807, 2.05) is 18.2 Å². The molecule has 0 bridgehead atoms. The van der Waals surface area contributed by atoms with Crippen molar-refractivity contribution in [2.45, 2.75) is 4.90 Å². The van der Waals surface area contributed by atoms with Gasteiger partial charge >= 0.3 is 0 Å². The van der Waals surface area contributed by atoms with Gasteiger partial charge in [0.1, 0.15) is 11.0 Å². The highest BCUT2D eigenvalue weighted by Gasteiger charge is 2.04. The fourth-order valence-electron chi connectivity index (χ4n) is 1.11. The van der Waals surface area contributed by atoms with Crippen LogP contribution in [0.25, 0.3) is 16.7 Å². The van der Waals surface area contributed by atoms with E-state index in [4.69, 9.17) is 5.11 Å². The molecule has 2 rings (SSSR count). The van der Waals surface area contributed by atoms with Crippen LogP contribution in [-0.2, 0) is 0 Å². The van der Waals surface area contributed by atoms with Crippen LogP contribution in [0.2, 0.25) is 0 Å². The molecule has 5 heteroatoms. The van der Waals surface area contributed by atoms with Gasteiger partial charge in [-0.1, -0.05) is 6.58 Å². The Morgan fingerprint density at radius 1 is 1.43 bits per heavy atom. The van der Waals surface area contributed by atoms with E-state index in [1.54, 1.807) is 0 Å². The van der Waals surface area contributed by atoms with Crippen LogP contribution in [0.1, 0.15) is 0 Å². The third kappa shape index (κ3) is 1.51. The first-order valence-electron chi connectivity index (χ1n) is 4.06. The maximum Gasteiger partial charge on any atom is 0.114 e. The second-order valence-corrected chi connectivity index (χ2v) is 3.40. The van der Waals surface area contributed by atoms with Gasteiger partial charge < -0.3 is 5.11 Å². The molecule has 0 saturated heterocycles. The minimum absolute atomic E-state index is 0.158. The van der Waals surface area contributed by atoms with Crippen molar-refractivity contribution in [3.63, 3.8) is 0 Å². The SMILES string of the molecule is C=C(CO)n1nc2ccc(S)cc2n1. The summed E-state index contributed by atoms with van der Waals surface area (Å²) in [5, 5.41) is 17.1. The van der Waals surface area contributed by atoms with Crippen molar-refractivity contribution in [3.8, 4) is 0 Å². The molecule has 14 heavy (non-hydrogen) atoms. The summed E-state index contributed by atoms with van der Waals surface area (Å²) >= 11 is 4.20. The highest BCUT2D eigenvalue weighted by molar-refractivity contribution is 7.80. The summed E-state index contributed by atoms with van der Waals surface area (Å²) in [5.74, 6) is 0. The molecule has 4 nitrogen and oxygen atoms in total. The Kier molecular flexibility index (Phi) is 2.26. The van der Waals surface area contributed by atoms with Crippen LogP contribution in [0.5, 0.6) is 0 Å². The van der Waals surface area contributed by atoms with Crippen LogP contribution >= 0.6 is 12.6 Å². The lowest BCUT2D eigenvalue weighted by molar-refractivity contribution is 0.340. The summed E-state index contributed by atoms with van der Waals surface area (Å²) in [6.07, 6.45) is 0. The lowest BCUT2D eigenvalue weighted by atomic mass is 10.3. The molecule has 0 aliphatic carbocycles. The zero-order valence-electron chi connectivity index (χ0n) is 7.38. The van der Waals surface area contributed by atoms with Crippen LogP contribution in [0.15, 0.2) is 29.7 Å². The topological polar surface area (TPSA) is 50.9 Å². The quantitative estimate of drug-likeness (QED) is 0.727. The maximum atomic E-state index is 8.85. The van der Waals surface area contributed by atoms with Gasteiger partial charge in [-0.25, -0.2) is 0 Å². The van der Waals surface area contributed by atoms with Crippen molar-refractivity contribution in [2.24, 2.45) is 0 Å². The number of hydrogen-bond acceptors (Lipinski definition) is 4. The Morgan fingerprint density at radius 2 is 2.14 bits per heavy atom. The number of fused-ring (bicyclic) bond motifs is 1. The molecule has 1 aromatic heterocycles. The zero-order chi connectivity index (χ0) is 10.1. The van der Waals surface area contributed by atoms with Gasteiger partial charge in [-0.05, 0) is 18.2 Å².